The maximum absolute atomic E-state index is 13.1. The number of benzene rings is 1. The topological polar surface area (TPSA) is 76.0 Å². The predicted octanol–water partition coefficient (Wildman–Crippen LogP) is 3.84. The molecule has 170 valence electrons. The van der Waals surface area contributed by atoms with Crippen molar-refractivity contribution in [2.75, 3.05) is 6.54 Å². The molecule has 1 heterocycles. The highest BCUT2D eigenvalue weighted by atomic mass is 16.2. The number of rotatable bonds is 8. The molecule has 4 saturated carbocycles. The highest BCUT2D eigenvalue weighted by Crippen LogP contribution is 2.60. The van der Waals surface area contributed by atoms with E-state index >= 15 is 0 Å². The first-order chi connectivity index (χ1) is 15.5. The van der Waals surface area contributed by atoms with Crippen LogP contribution in [0.15, 0.2) is 36.7 Å². The molecular formula is C26H34N4O2. The van der Waals surface area contributed by atoms with Gasteiger partial charge in [-0.2, -0.15) is 5.10 Å². The average Bonchev–Trinajstić information content (AvgIpc) is 3.19. The summed E-state index contributed by atoms with van der Waals surface area (Å²) in [6.45, 7) is 3.95. The number of carbonyl (C=O) groups is 2. The number of nitrogens with zero attached hydrogens (tertiary/aromatic N) is 2. The van der Waals surface area contributed by atoms with Crippen molar-refractivity contribution in [3.63, 3.8) is 0 Å². The highest BCUT2D eigenvalue weighted by molar-refractivity contribution is 5.94. The van der Waals surface area contributed by atoms with Crippen molar-refractivity contribution >= 4 is 11.8 Å². The Hall–Kier alpha value is -2.63. The van der Waals surface area contributed by atoms with E-state index in [4.69, 9.17) is 0 Å². The van der Waals surface area contributed by atoms with Gasteiger partial charge in [0.25, 0.3) is 5.91 Å². The molecule has 0 unspecified atom stereocenters. The van der Waals surface area contributed by atoms with Crippen molar-refractivity contribution in [1.82, 2.24) is 20.4 Å². The van der Waals surface area contributed by atoms with Crippen LogP contribution in [-0.2, 0) is 17.9 Å². The van der Waals surface area contributed by atoms with Crippen LogP contribution in [0, 0.1) is 30.1 Å². The first kappa shape index (κ1) is 21.2. The second kappa shape index (κ2) is 8.72. The van der Waals surface area contributed by atoms with E-state index in [1.807, 2.05) is 48.3 Å². The van der Waals surface area contributed by atoms with Gasteiger partial charge in [-0.3, -0.25) is 14.3 Å². The minimum Gasteiger partial charge on any atom is -0.352 e. The van der Waals surface area contributed by atoms with Crippen LogP contribution >= 0.6 is 0 Å². The second-order valence-electron chi connectivity index (χ2n) is 10.5. The molecule has 4 aliphatic rings. The Morgan fingerprint density at radius 2 is 1.69 bits per heavy atom. The number of hydrogen-bond acceptors (Lipinski definition) is 3. The SMILES string of the molecule is Cc1cnn(CCCNC(=O)c2ccc(CNC(=O)C34CC5CC(CC(C5)C3)C4)cc2)c1. The Morgan fingerprint density at radius 3 is 2.28 bits per heavy atom. The second-order valence-corrected chi connectivity index (χ2v) is 10.5. The Bertz CT molecular complexity index is 943. The van der Waals surface area contributed by atoms with E-state index in [1.165, 1.54) is 19.3 Å². The molecule has 0 spiro atoms. The molecule has 0 saturated heterocycles. The summed E-state index contributed by atoms with van der Waals surface area (Å²) < 4.78 is 1.90. The summed E-state index contributed by atoms with van der Waals surface area (Å²) in [5, 5.41) is 10.4. The smallest absolute Gasteiger partial charge is 0.251 e. The molecule has 2 aromatic rings. The van der Waals surface area contributed by atoms with Gasteiger partial charge < -0.3 is 10.6 Å². The fourth-order valence-electron chi connectivity index (χ4n) is 6.67. The number of amides is 2. The third-order valence-corrected chi connectivity index (χ3v) is 7.80. The molecular weight excluding hydrogens is 400 g/mol. The molecule has 0 atom stereocenters. The number of aryl methyl sites for hydroxylation is 2. The third kappa shape index (κ3) is 4.45. The zero-order chi connectivity index (χ0) is 22.1. The lowest BCUT2D eigenvalue weighted by Crippen LogP contribution is -2.53. The van der Waals surface area contributed by atoms with Crippen molar-refractivity contribution in [3.8, 4) is 0 Å². The molecule has 2 N–H and O–H groups in total. The Kier molecular flexibility index (Phi) is 5.78. The lowest BCUT2D eigenvalue weighted by Gasteiger charge is -2.55. The minimum atomic E-state index is -0.108. The van der Waals surface area contributed by atoms with Gasteiger partial charge in [0.05, 0.1) is 6.20 Å². The molecule has 0 aliphatic heterocycles. The van der Waals surface area contributed by atoms with Crippen molar-refractivity contribution in [2.45, 2.75) is 65.0 Å². The lowest BCUT2D eigenvalue weighted by molar-refractivity contribution is -0.146. The molecule has 0 radical (unpaired) electrons. The van der Waals surface area contributed by atoms with E-state index in [0.717, 1.165) is 61.1 Å². The van der Waals surface area contributed by atoms with Gasteiger partial charge in [-0.25, -0.2) is 0 Å². The monoisotopic (exact) mass is 434 g/mol. The van der Waals surface area contributed by atoms with Crippen LogP contribution in [0.1, 0.15) is 66.4 Å². The summed E-state index contributed by atoms with van der Waals surface area (Å²) >= 11 is 0. The molecule has 2 amide bonds. The minimum absolute atomic E-state index is 0.0641. The number of hydrogen-bond donors (Lipinski definition) is 2. The highest BCUT2D eigenvalue weighted by Gasteiger charge is 2.54. The molecule has 6 heteroatoms. The maximum Gasteiger partial charge on any atom is 0.251 e. The molecule has 4 bridgehead atoms. The first-order valence-electron chi connectivity index (χ1n) is 12.1. The summed E-state index contributed by atoms with van der Waals surface area (Å²) in [5.41, 5.74) is 2.72. The van der Waals surface area contributed by atoms with E-state index in [9.17, 15) is 9.59 Å². The van der Waals surface area contributed by atoms with E-state index in [0.29, 0.717) is 18.7 Å². The van der Waals surface area contributed by atoms with Gasteiger partial charge in [0.15, 0.2) is 0 Å². The van der Waals surface area contributed by atoms with Gasteiger partial charge in [0, 0.05) is 36.8 Å². The largest absolute Gasteiger partial charge is 0.352 e. The number of carbonyl (C=O) groups excluding carboxylic acids is 2. The molecule has 6 nitrogen and oxygen atoms in total. The van der Waals surface area contributed by atoms with E-state index in [2.05, 4.69) is 15.7 Å². The fourth-order valence-corrected chi connectivity index (χ4v) is 6.67. The molecule has 6 rings (SSSR count). The zero-order valence-electron chi connectivity index (χ0n) is 19.0. The molecule has 32 heavy (non-hydrogen) atoms. The summed E-state index contributed by atoms with van der Waals surface area (Å²) in [4.78, 5) is 25.5. The van der Waals surface area contributed by atoms with Crippen LogP contribution in [0.5, 0.6) is 0 Å². The standard InChI is InChI=1S/C26H34N4O2/c1-18-15-29-30(17-18)8-2-7-27-24(31)23-5-3-19(4-6-23)16-28-25(32)26-12-20-9-21(13-26)11-22(10-20)14-26/h3-6,15,17,20-22H,2,7-14,16H2,1H3,(H,27,31)(H,28,32). The van der Waals surface area contributed by atoms with Gasteiger partial charge in [-0.1, -0.05) is 12.1 Å². The van der Waals surface area contributed by atoms with E-state index in [1.54, 1.807) is 0 Å². The van der Waals surface area contributed by atoms with Crippen molar-refractivity contribution in [1.29, 1.82) is 0 Å². The van der Waals surface area contributed by atoms with Crippen LogP contribution < -0.4 is 10.6 Å². The summed E-state index contributed by atoms with van der Waals surface area (Å²) in [6.07, 6.45) is 12.0. The zero-order valence-corrected chi connectivity index (χ0v) is 19.0. The van der Waals surface area contributed by atoms with Gasteiger partial charge in [0.2, 0.25) is 5.91 Å². The van der Waals surface area contributed by atoms with E-state index in [-0.39, 0.29) is 17.2 Å². The summed E-state index contributed by atoms with van der Waals surface area (Å²) in [6, 6.07) is 7.58. The quantitative estimate of drug-likeness (QED) is 0.620. The van der Waals surface area contributed by atoms with Crippen molar-refractivity contribution in [3.05, 3.63) is 53.3 Å². The molecule has 1 aromatic heterocycles. The van der Waals surface area contributed by atoms with Gasteiger partial charge >= 0.3 is 0 Å². The van der Waals surface area contributed by atoms with Crippen LogP contribution in [0.2, 0.25) is 0 Å². The van der Waals surface area contributed by atoms with Crippen LogP contribution in [0.3, 0.4) is 0 Å². The Labute approximate surface area is 190 Å². The molecule has 4 aliphatic carbocycles. The van der Waals surface area contributed by atoms with Gasteiger partial charge in [0.1, 0.15) is 0 Å². The third-order valence-electron chi connectivity index (χ3n) is 7.80. The first-order valence-corrected chi connectivity index (χ1v) is 12.1. The number of nitrogens with one attached hydrogen (secondary N) is 2. The molecule has 1 aromatic carbocycles. The van der Waals surface area contributed by atoms with E-state index < -0.39 is 0 Å². The predicted molar refractivity (Wildman–Crippen MR) is 123 cm³/mol. The Morgan fingerprint density at radius 1 is 1.03 bits per heavy atom. The maximum atomic E-state index is 13.1. The van der Waals surface area contributed by atoms with Crippen LogP contribution in [-0.4, -0.2) is 28.1 Å². The van der Waals surface area contributed by atoms with Gasteiger partial charge in [-0.15, -0.1) is 0 Å². The van der Waals surface area contributed by atoms with Crippen LogP contribution in [0.4, 0.5) is 0 Å². The normalized spacial score (nSPS) is 28.0. The van der Waals surface area contributed by atoms with Gasteiger partial charge in [-0.05, 0) is 92.9 Å². The summed E-state index contributed by atoms with van der Waals surface area (Å²) in [7, 11) is 0. The average molecular weight is 435 g/mol. The Balaban J connectivity index is 1.08. The summed E-state index contributed by atoms with van der Waals surface area (Å²) in [5.74, 6) is 2.51. The van der Waals surface area contributed by atoms with Crippen molar-refractivity contribution in [2.24, 2.45) is 23.2 Å². The number of aromatic nitrogens is 2. The lowest BCUT2D eigenvalue weighted by atomic mass is 9.49. The van der Waals surface area contributed by atoms with Crippen molar-refractivity contribution < 1.29 is 9.59 Å². The molecule has 4 fully saturated rings. The fraction of sp³-hybridized carbons (Fsp3) is 0.577. The van der Waals surface area contributed by atoms with Crippen LogP contribution in [0.25, 0.3) is 0 Å².